The molecule has 0 fully saturated rings. The lowest BCUT2D eigenvalue weighted by molar-refractivity contribution is 0.270. The van der Waals surface area contributed by atoms with E-state index in [4.69, 9.17) is 0 Å². The van der Waals surface area contributed by atoms with Crippen molar-refractivity contribution in [2.24, 2.45) is 10.8 Å². The lowest BCUT2D eigenvalue weighted by Crippen LogP contribution is -2.19. The van der Waals surface area contributed by atoms with E-state index in [2.05, 4.69) is 96.1 Å². The summed E-state index contributed by atoms with van der Waals surface area (Å²) >= 11 is 0. The third-order valence-electron chi connectivity index (χ3n) is 10.1. The van der Waals surface area contributed by atoms with E-state index in [0.29, 0.717) is 5.75 Å². The topological polar surface area (TPSA) is 20.2 Å². The molecular formula is C38H48O. The average molecular weight is 521 g/mol. The molecule has 1 nitrogen and oxygen atoms in total. The van der Waals surface area contributed by atoms with Crippen molar-refractivity contribution in [2.45, 2.75) is 106 Å². The van der Waals surface area contributed by atoms with Crippen LogP contribution >= 0.6 is 0 Å². The van der Waals surface area contributed by atoms with Crippen LogP contribution in [-0.2, 0) is 12.8 Å². The first-order valence-corrected chi connectivity index (χ1v) is 15.6. The quantitative estimate of drug-likeness (QED) is 0.128. The molecule has 0 heterocycles. The van der Waals surface area contributed by atoms with E-state index in [9.17, 15) is 5.11 Å². The van der Waals surface area contributed by atoms with Crippen LogP contribution in [0.5, 0.6) is 5.75 Å². The van der Waals surface area contributed by atoms with E-state index in [1.54, 1.807) is 0 Å². The van der Waals surface area contributed by atoms with Gasteiger partial charge in [-0.3, -0.25) is 0 Å². The zero-order valence-electron chi connectivity index (χ0n) is 25.2. The van der Waals surface area contributed by atoms with Gasteiger partial charge in [0.2, 0.25) is 0 Å². The first kappa shape index (κ1) is 27.8. The van der Waals surface area contributed by atoms with Crippen molar-refractivity contribution in [3.63, 3.8) is 0 Å². The number of fused-ring (bicyclic) bond motifs is 2. The molecule has 0 aromatic heterocycles. The van der Waals surface area contributed by atoms with Gasteiger partial charge in [0, 0.05) is 10.8 Å². The van der Waals surface area contributed by atoms with Crippen LogP contribution in [0.1, 0.15) is 104 Å². The highest BCUT2D eigenvalue weighted by Crippen LogP contribution is 2.47. The van der Waals surface area contributed by atoms with Gasteiger partial charge in [-0.2, -0.15) is 0 Å². The molecule has 5 rings (SSSR count). The Morgan fingerprint density at radius 2 is 1.15 bits per heavy atom. The van der Waals surface area contributed by atoms with Crippen molar-refractivity contribution >= 4 is 43.1 Å². The van der Waals surface area contributed by atoms with Gasteiger partial charge >= 0.3 is 0 Å². The molecule has 5 aromatic carbocycles. The zero-order chi connectivity index (χ0) is 27.8. The first-order chi connectivity index (χ1) is 18.8. The maximum atomic E-state index is 12.0. The summed E-state index contributed by atoms with van der Waals surface area (Å²) in [6.45, 7) is 14.1. The molecule has 0 aliphatic heterocycles. The second-order valence-corrected chi connectivity index (χ2v) is 13.1. The summed E-state index contributed by atoms with van der Waals surface area (Å²) in [6.07, 6.45) is 11.6. The molecule has 5 aromatic rings. The molecule has 0 saturated carbocycles. The number of hydrogen-bond donors (Lipinski definition) is 1. The fourth-order valence-corrected chi connectivity index (χ4v) is 7.06. The predicted molar refractivity (Wildman–Crippen MR) is 173 cm³/mol. The molecule has 0 bridgehead atoms. The zero-order valence-corrected chi connectivity index (χ0v) is 25.2. The fraction of sp³-hybridized carbons (Fsp3) is 0.474. The standard InChI is InChI=1S/C38H48O/c1-7-11-19-37(5,9-3)24-26-21-31-29-17-13-15-27-16-14-18-30(34(27)29)32-23-28(36(39)33(22-26)35(31)32)25-38(6,10-4)20-12-8-2/h13-18,21-23,39H,7-12,19-20,24-25H2,1-6H3. The average Bonchev–Trinajstić information content (AvgIpc) is 2.95. The van der Waals surface area contributed by atoms with Crippen LogP contribution in [0.25, 0.3) is 43.1 Å². The largest absolute Gasteiger partial charge is 0.507 e. The molecule has 2 atom stereocenters. The third kappa shape index (κ3) is 5.10. The maximum Gasteiger partial charge on any atom is 0.126 e. The van der Waals surface area contributed by atoms with Crippen LogP contribution in [0.4, 0.5) is 0 Å². The van der Waals surface area contributed by atoms with Crippen molar-refractivity contribution in [1.29, 1.82) is 0 Å². The second-order valence-electron chi connectivity index (χ2n) is 13.1. The van der Waals surface area contributed by atoms with Gasteiger partial charge in [-0.1, -0.05) is 123 Å². The second kappa shape index (κ2) is 11.0. The van der Waals surface area contributed by atoms with Crippen molar-refractivity contribution in [1.82, 2.24) is 0 Å². The Hall–Kier alpha value is -2.80. The summed E-state index contributed by atoms with van der Waals surface area (Å²) < 4.78 is 0. The van der Waals surface area contributed by atoms with Crippen LogP contribution in [0.2, 0.25) is 0 Å². The van der Waals surface area contributed by atoms with Crippen molar-refractivity contribution in [3.8, 4) is 5.75 Å². The highest BCUT2D eigenvalue weighted by molar-refractivity contribution is 6.33. The summed E-state index contributed by atoms with van der Waals surface area (Å²) in [6, 6.07) is 20.6. The third-order valence-corrected chi connectivity index (χ3v) is 10.1. The van der Waals surface area contributed by atoms with Gasteiger partial charge in [0.05, 0.1) is 0 Å². The fourth-order valence-electron chi connectivity index (χ4n) is 7.06. The molecule has 0 aliphatic rings. The number of benzene rings is 5. The molecule has 2 unspecified atom stereocenters. The lowest BCUT2D eigenvalue weighted by Gasteiger charge is -2.30. The minimum atomic E-state index is 0.188. The number of aromatic hydroxyl groups is 1. The van der Waals surface area contributed by atoms with Crippen molar-refractivity contribution in [2.75, 3.05) is 0 Å². The lowest BCUT2D eigenvalue weighted by atomic mass is 9.75. The number of unbranched alkanes of at least 4 members (excludes halogenated alkanes) is 2. The minimum absolute atomic E-state index is 0.188. The summed E-state index contributed by atoms with van der Waals surface area (Å²) in [5.74, 6) is 0.506. The smallest absolute Gasteiger partial charge is 0.126 e. The molecule has 1 N–H and O–H groups in total. The van der Waals surface area contributed by atoms with Gasteiger partial charge in [-0.15, -0.1) is 0 Å². The minimum Gasteiger partial charge on any atom is -0.507 e. The monoisotopic (exact) mass is 520 g/mol. The number of rotatable bonds is 12. The van der Waals surface area contributed by atoms with Gasteiger partial charge in [0.1, 0.15) is 5.75 Å². The highest BCUT2D eigenvalue weighted by Gasteiger charge is 2.27. The molecular weight excluding hydrogens is 472 g/mol. The molecule has 206 valence electrons. The summed E-state index contributed by atoms with van der Waals surface area (Å²) in [4.78, 5) is 0. The normalized spacial score (nSPS) is 15.4. The Kier molecular flexibility index (Phi) is 7.82. The van der Waals surface area contributed by atoms with Crippen molar-refractivity contribution < 1.29 is 5.11 Å². The Morgan fingerprint density at radius 1 is 0.615 bits per heavy atom. The Labute approximate surface area is 236 Å². The van der Waals surface area contributed by atoms with Gasteiger partial charge in [0.25, 0.3) is 0 Å². The Bertz CT molecular complexity index is 1540. The molecule has 0 aliphatic carbocycles. The molecule has 0 saturated heterocycles. The number of hydrogen-bond acceptors (Lipinski definition) is 1. The van der Waals surface area contributed by atoms with Gasteiger partial charge in [-0.05, 0) is 92.1 Å². The molecule has 39 heavy (non-hydrogen) atoms. The molecule has 1 heteroatoms. The van der Waals surface area contributed by atoms with Crippen LogP contribution in [-0.4, -0.2) is 5.11 Å². The van der Waals surface area contributed by atoms with E-state index in [0.717, 1.165) is 30.2 Å². The van der Waals surface area contributed by atoms with Gasteiger partial charge in [0.15, 0.2) is 0 Å². The SMILES string of the molecule is CCCCC(C)(CC)Cc1cc2c(O)c(CC(C)(CC)CCCC)cc3c4cccc5cccc(c(c1)c23)c54. The number of phenolic OH excluding ortho intramolecular Hbond substituents is 1. The Morgan fingerprint density at radius 3 is 1.72 bits per heavy atom. The molecule has 0 radical (unpaired) electrons. The van der Waals surface area contributed by atoms with Crippen LogP contribution in [0.15, 0.2) is 54.6 Å². The summed E-state index contributed by atoms with van der Waals surface area (Å²) in [7, 11) is 0. The van der Waals surface area contributed by atoms with Crippen molar-refractivity contribution in [3.05, 3.63) is 65.7 Å². The molecule has 0 amide bonds. The van der Waals surface area contributed by atoms with Crippen LogP contribution in [0, 0.1) is 10.8 Å². The maximum absolute atomic E-state index is 12.0. The van der Waals surface area contributed by atoms with Gasteiger partial charge < -0.3 is 5.11 Å². The highest BCUT2D eigenvalue weighted by atomic mass is 16.3. The van der Waals surface area contributed by atoms with E-state index >= 15 is 0 Å². The number of phenols is 1. The predicted octanol–water partition coefficient (Wildman–Crippen LogP) is 11.7. The van der Waals surface area contributed by atoms with E-state index < -0.39 is 0 Å². The first-order valence-electron chi connectivity index (χ1n) is 15.6. The van der Waals surface area contributed by atoms with E-state index in [1.165, 1.54) is 88.2 Å². The van der Waals surface area contributed by atoms with Crippen LogP contribution < -0.4 is 0 Å². The molecule has 0 spiro atoms. The van der Waals surface area contributed by atoms with E-state index in [-0.39, 0.29) is 10.8 Å². The summed E-state index contributed by atoms with van der Waals surface area (Å²) in [5.41, 5.74) is 2.93. The van der Waals surface area contributed by atoms with E-state index in [1.807, 2.05) is 0 Å². The van der Waals surface area contributed by atoms with Gasteiger partial charge in [-0.25, -0.2) is 0 Å². The van der Waals surface area contributed by atoms with Crippen LogP contribution in [0.3, 0.4) is 0 Å². The summed E-state index contributed by atoms with van der Waals surface area (Å²) in [5, 5.41) is 22.1. The Balaban J connectivity index is 1.81.